The van der Waals surface area contributed by atoms with Crippen LogP contribution < -0.4 is 0 Å². The highest BCUT2D eigenvalue weighted by molar-refractivity contribution is 5.68. The van der Waals surface area contributed by atoms with E-state index in [9.17, 15) is 4.79 Å². The summed E-state index contributed by atoms with van der Waals surface area (Å²) >= 11 is 0. The molecule has 1 saturated carbocycles. The third kappa shape index (κ3) is 4.69. The molecule has 0 aromatic heterocycles. The normalized spacial score (nSPS) is 20.9. The molecule has 1 rings (SSSR count). The Morgan fingerprint density at radius 2 is 1.88 bits per heavy atom. The number of unbranched alkanes of at least 4 members (excludes halogenated alkanes) is 1. The van der Waals surface area contributed by atoms with Crippen LogP contribution in [0.2, 0.25) is 0 Å². The molecule has 1 atom stereocenters. The molecule has 0 saturated heterocycles. The lowest BCUT2D eigenvalue weighted by Crippen LogP contribution is -2.28. The summed E-state index contributed by atoms with van der Waals surface area (Å²) in [5.74, 6) is 0.724. The van der Waals surface area contributed by atoms with Gasteiger partial charge in [-0.2, -0.15) is 0 Å². The summed E-state index contributed by atoms with van der Waals surface area (Å²) in [6, 6.07) is 0. The van der Waals surface area contributed by atoms with Gasteiger partial charge in [0.05, 0.1) is 7.11 Å². The predicted octanol–water partition coefficient (Wildman–Crippen LogP) is 4.33. The second-order valence-corrected chi connectivity index (χ2v) is 5.94. The van der Waals surface area contributed by atoms with Crippen molar-refractivity contribution < 1.29 is 9.53 Å². The van der Waals surface area contributed by atoms with Crippen LogP contribution in [0.3, 0.4) is 0 Å². The van der Waals surface area contributed by atoms with Crippen LogP contribution in [0.4, 0.5) is 0 Å². The van der Waals surface area contributed by atoms with E-state index in [2.05, 4.69) is 18.6 Å². The second-order valence-electron chi connectivity index (χ2n) is 5.94. The van der Waals surface area contributed by atoms with Crippen LogP contribution in [0.1, 0.15) is 71.6 Å². The first-order chi connectivity index (χ1) is 8.08. The molecule has 0 spiro atoms. The first-order valence-electron chi connectivity index (χ1n) is 7.15. The van der Waals surface area contributed by atoms with Gasteiger partial charge in [-0.05, 0) is 30.6 Å². The Kier molecular flexibility index (Phi) is 6.01. The van der Waals surface area contributed by atoms with Gasteiger partial charge in [0, 0.05) is 6.42 Å². The van der Waals surface area contributed by atoms with Crippen molar-refractivity contribution in [3.05, 3.63) is 0 Å². The molecule has 17 heavy (non-hydrogen) atoms. The van der Waals surface area contributed by atoms with E-state index in [1.54, 1.807) is 0 Å². The van der Waals surface area contributed by atoms with Crippen LogP contribution >= 0.6 is 0 Å². The van der Waals surface area contributed by atoms with E-state index < -0.39 is 0 Å². The SMILES string of the molecule is COC(=O)CCCCC(C)C1(C)CCCCC1. The molecule has 0 radical (unpaired) electrons. The molecule has 2 nitrogen and oxygen atoms in total. The van der Waals surface area contributed by atoms with Gasteiger partial charge in [0.25, 0.3) is 0 Å². The molecule has 0 aromatic carbocycles. The topological polar surface area (TPSA) is 26.3 Å². The minimum Gasteiger partial charge on any atom is -0.469 e. The molecule has 1 fully saturated rings. The van der Waals surface area contributed by atoms with Gasteiger partial charge in [-0.15, -0.1) is 0 Å². The Hall–Kier alpha value is -0.530. The van der Waals surface area contributed by atoms with Gasteiger partial charge in [-0.1, -0.05) is 46.0 Å². The van der Waals surface area contributed by atoms with Gasteiger partial charge < -0.3 is 4.74 Å². The smallest absolute Gasteiger partial charge is 0.305 e. The van der Waals surface area contributed by atoms with E-state index in [-0.39, 0.29) is 5.97 Å². The number of hydrogen-bond acceptors (Lipinski definition) is 2. The molecule has 1 aliphatic rings. The molecule has 0 bridgehead atoms. The van der Waals surface area contributed by atoms with Crippen LogP contribution in [0, 0.1) is 11.3 Å². The highest BCUT2D eigenvalue weighted by Gasteiger charge is 2.31. The Morgan fingerprint density at radius 3 is 2.47 bits per heavy atom. The van der Waals surface area contributed by atoms with E-state index in [0.717, 1.165) is 18.8 Å². The number of methoxy groups -OCH3 is 1. The predicted molar refractivity (Wildman–Crippen MR) is 70.8 cm³/mol. The lowest BCUT2D eigenvalue weighted by atomic mass is 9.66. The van der Waals surface area contributed by atoms with Gasteiger partial charge >= 0.3 is 5.97 Å². The maximum atomic E-state index is 11.0. The minimum atomic E-state index is -0.0680. The van der Waals surface area contributed by atoms with Crippen LogP contribution in [-0.2, 0) is 9.53 Å². The fourth-order valence-corrected chi connectivity index (χ4v) is 3.02. The summed E-state index contributed by atoms with van der Waals surface area (Å²) < 4.78 is 4.65. The molecule has 0 N–H and O–H groups in total. The van der Waals surface area contributed by atoms with Gasteiger partial charge in [0.2, 0.25) is 0 Å². The largest absolute Gasteiger partial charge is 0.469 e. The van der Waals surface area contributed by atoms with E-state index >= 15 is 0 Å². The summed E-state index contributed by atoms with van der Waals surface area (Å²) in [6.07, 6.45) is 11.0. The zero-order valence-corrected chi connectivity index (χ0v) is 11.8. The maximum absolute atomic E-state index is 11.0. The number of esters is 1. The Morgan fingerprint density at radius 1 is 1.24 bits per heavy atom. The summed E-state index contributed by atoms with van der Waals surface area (Å²) in [5.41, 5.74) is 0.559. The van der Waals surface area contributed by atoms with E-state index in [0.29, 0.717) is 11.8 Å². The number of carbonyl (C=O) groups is 1. The molecule has 2 heteroatoms. The van der Waals surface area contributed by atoms with Crippen molar-refractivity contribution >= 4 is 5.97 Å². The minimum absolute atomic E-state index is 0.0680. The molecular formula is C15H28O2. The average Bonchev–Trinajstić information content (AvgIpc) is 2.34. The highest BCUT2D eigenvalue weighted by Crippen LogP contribution is 2.43. The maximum Gasteiger partial charge on any atom is 0.305 e. The fraction of sp³-hybridized carbons (Fsp3) is 0.933. The first-order valence-corrected chi connectivity index (χ1v) is 7.15. The summed E-state index contributed by atoms with van der Waals surface area (Å²) in [7, 11) is 1.47. The third-order valence-electron chi connectivity index (χ3n) is 4.68. The molecule has 0 heterocycles. The van der Waals surface area contributed by atoms with Crippen LogP contribution in [0.25, 0.3) is 0 Å². The molecule has 0 amide bonds. The monoisotopic (exact) mass is 240 g/mol. The summed E-state index contributed by atoms with van der Waals surface area (Å²) in [4.78, 5) is 11.0. The third-order valence-corrected chi connectivity index (χ3v) is 4.68. The number of hydrogen-bond donors (Lipinski definition) is 0. The Labute approximate surface area is 106 Å². The average molecular weight is 240 g/mol. The summed E-state index contributed by atoms with van der Waals surface area (Å²) in [5, 5.41) is 0. The zero-order chi connectivity index (χ0) is 12.7. The van der Waals surface area contributed by atoms with Crippen molar-refractivity contribution in [2.45, 2.75) is 71.6 Å². The van der Waals surface area contributed by atoms with Crippen molar-refractivity contribution in [1.82, 2.24) is 0 Å². The number of rotatable bonds is 6. The lowest BCUT2D eigenvalue weighted by Gasteiger charge is -2.39. The number of carbonyl (C=O) groups excluding carboxylic acids is 1. The van der Waals surface area contributed by atoms with Crippen molar-refractivity contribution in [1.29, 1.82) is 0 Å². The van der Waals surface area contributed by atoms with E-state index in [4.69, 9.17) is 0 Å². The molecular weight excluding hydrogens is 212 g/mol. The standard InChI is InChI=1S/C15H28O2/c1-13(9-5-6-10-14(16)17-3)15(2)11-7-4-8-12-15/h13H,4-12H2,1-3H3. The van der Waals surface area contributed by atoms with Crippen LogP contribution in [0.5, 0.6) is 0 Å². The Balaban J connectivity index is 2.19. The molecule has 0 aliphatic heterocycles. The first kappa shape index (κ1) is 14.5. The quantitative estimate of drug-likeness (QED) is 0.510. The fourth-order valence-electron chi connectivity index (χ4n) is 3.02. The summed E-state index contributed by atoms with van der Waals surface area (Å²) in [6.45, 7) is 4.85. The van der Waals surface area contributed by atoms with E-state index in [1.165, 1.54) is 45.6 Å². The van der Waals surface area contributed by atoms with Crippen LogP contribution in [-0.4, -0.2) is 13.1 Å². The lowest BCUT2D eigenvalue weighted by molar-refractivity contribution is -0.140. The van der Waals surface area contributed by atoms with Gasteiger partial charge in [-0.25, -0.2) is 0 Å². The number of ether oxygens (including phenoxy) is 1. The van der Waals surface area contributed by atoms with Crippen LogP contribution in [0.15, 0.2) is 0 Å². The van der Waals surface area contributed by atoms with Crippen molar-refractivity contribution in [3.63, 3.8) is 0 Å². The molecule has 100 valence electrons. The van der Waals surface area contributed by atoms with Gasteiger partial charge in [0.15, 0.2) is 0 Å². The van der Waals surface area contributed by atoms with Gasteiger partial charge in [-0.3, -0.25) is 4.79 Å². The Bertz CT molecular complexity index is 229. The molecule has 1 unspecified atom stereocenters. The highest BCUT2D eigenvalue weighted by atomic mass is 16.5. The van der Waals surface area contributed by atoms with Crippen molar-refractivity contribution in [3.8, 4) is 0 Å². The second kappa shape index (κ2) is 7.03. The zero-order valence-electron chi connectivity index (χ0n) is 11.8. The molecule has 1 aliphatic carbocycles. The van der Waals surface area contributed by atoms with Gasteiger partial charge in [0.1, 0.15) is 0 Å². The molecule has 0 aromatic rings. The van der Waals surface area contributed by atoms with E-state index in [1.807, 2.05) is 0 Å². The van der Waals surface area contributed by atoms with Crippen molar-refractivity contribution in [2.75, 3.05) is 7.11 Å². The van der Waals surface area contributed by atoms with Crippen molar-refractivity contribution in [2.24, 2.45) is 11.3 Å².